The molecule has 7 nitrogen and oxygen atoms in total. The third kappa shape index (κ3) is 4.07. The van der Waals surface area contributed by atoms with Gasteiger partial charge in [0.1, 0.15) is 0 Å². The lowest BCUT2D eigenvalue weighted by molar-refractivity contribution is 0.100. The van der Waals surface area contributed by atoms with Crippen LogP contribution in [0.4, 0.5) is 10.5 Å². The van der Waals surface area contributed by atoms with Crippen molar-refractivity contribution in [3.8, 4) is 0 Å². The molecular weight excluding hydrogens is 318 g/mol. The number of rotatable bonds is 4. The summed E-state index contributed by atoms with van der Waals surface area (Å²) in [5.41, 5.74) is 6.29. The van der Waals surface area contributed by atoms with Gasteiger partial charge in [0.25, 0.3) is 15.9 Å². The Labute approximate surface area is 133 Å². The number of nitrogens with two attached hydrogens (primary N) is 1. The zero-order chi connectivity index (χ0) is 17.0. The quantitative estimate of drug-likeness (QED) is 0.787. The maximum absolute atomic E-state index is 12.1. The summed E-state index contributed by atoms with van der Waals surface area (Å²) in [4.78, 5) is 23.1. The number of sulfonamides is 1. The SMILES string of the molecule is Cc1ccc(S(=O)(=O)NC(=O)Nc2ccccc2C(N)=O)cc1. The van der Waals surface area contributed by atoms with Crippen LogP contribution in [0, 0.1) is 6.92 Å². The first-order valence-electron chi connectivity index (χ1n) is 6.59. The first kappa shape index (κ1) is 16.5. The van der Waals surface area contributed by atoms with Gasteiger partial charge in [0.05, 0.1) is 16.1 Å². The lowest BCUT2D eigenvalue weighted by Gasteiger charge is -2.10. The lowest BCUT2D eigenvalue weighted by atomic mass is 10.1. The van der Waals surface area contributed by atoms with E-state index in [9.17, 15) is 18.0 Å². The molecule has 2 aromatic rings. The minimum absolute atomic E-state index is 0.0403. The van der Waals surface area contributed by atoms with E-state index in [0.717, 1.165) is 5.56 Å². The highest BCUT2D eigenvalue weighted by Gasteiger charge is 2.18. The Balaban J connectivity index is 2.16. The van der Waals surface area contributed by atoms with Crippen molar-refractivity contribution in [2.75, 3.05) is 5.32 Å². The fraction of sp³-hybridized carbons (Fsp3) is 0.0667. The molecule has 0 aliphatic carbocycles. The molecule has 120 valence electrons. The van der Waals surface area contributed by atoms with E-state index >= 15 is 0 Å². The van der Waals surface area contributed by atoms with Crippen molar-refractivity contribution >= 4 is 27.6 Å². The van der Waals surface area contributed by atoms with Gasteiger partial charge in [-0.3, -0.25) is 4.79 Å². The summed E-state index contributed by atoms with van der Waals surface area (Å²) in [6.45, 7) is 1.82. The molecular formula is C15H15N3O4S. The van der Waals surface area contributed by atoms with E-state index in [4.69, 9.17) is 5.73 Å². The van der Waals surface area contributed by atoms with Gasteiger partial charge in [-0.25, -0.2) is 17.9 Å². The van der Waals surface area contributed by atoms with E-state index in [2.05, 4.69) is 5.32 Å². The molecule has 3 amide bonds. The molecule has 0 unspecified atom stereocenters. The minimum Gasteiger partial charge on any atom is -0.366 e. The molecule has 0 heterocycles. The number of nitrogens with one attached hydrogen (secondary N) is 2. The fourth-order valence-electron chi connectivity index (χ4n) is 1.85. The van der Waals surface area contributed by atoms with Gasteiger partial charge in [-0.05, 0) is 31.2 Å². The molecule has 0 aliphatic heterocycles. The Morgan fingerprint density at radius 3 is 2.22 bits per heavy atom. The van der Waals surface area contributed by atoms with Crippen LogP contribution in [0.3, 0.4) is 0 Å². The van der Waals surface area contributed by atoms with Crippen LogP contribution in [0.2, 0.25) is 0 Å². The Bertz CT molecular complexity index is 845. The summed E-state index contributed by atoms with van der Waals surface area (Å²) in [5, 5.41) is 2.30. The van der Waals surface area contributed by atoms with E-state index in [1.54, 1.807) is 24.3 Å². The van der Waals surface area contributed by atoms with Crippen LogP contribution in [0.5, 0.6) is 0 Å². The van der Waals surface area contributed by atoms with Gasteiger partial charge in [0.2, 0.25) is 0 Å². The largest absolute Gasteiger partial charge is 0.366 e. The summed E-state index contributed by atoms with van der Waals surface area (Å²) in [5.74, 6) is -0.734. The number of para-hydroxylation sites is 1. The normalized spacial score (nSPS) is 10.8. The van der Waals surface area contributed by atoms with E-state index in [0.29, 0.717) is 0 Å². The Morgan fingerprint density at radius 1 is 1.00 bits per heavy atom. The second-order valence-electron chi connectivity index (χ2n) is 4.78. The van der Waals surface area contributed by atoms with Crippen molar-refractivity contribution < 1.29 is 18.0 Å². The molecule has 2 aromatic carbocycles. The molecule has 0 bridgehead atoms. The Kier molecular flexibility index (Phi) is 4.65. The summed E-state index contributed by atoms with van der Waals surface area (Å²) < 4.78 is 26.1. The second kappa shape index (κ2) is 6.49. The van der Waals surface area contributed by atoms with E-state index in [-0.39, 0.29) is 16.1 Å². The molecule has 0 atom stereocenters. The Hall–Kier alpha value is -2.87. The summed E-state index contributed by atoms with van der Waals surface area (Å²) in [7, 11) is -4.01. The maximum Gasteiger partial charge on any atom is 0.333 e. The van der Waals surface area contributed by atoms with Crippen LogP contribution < -0.4 is 15.8 Å². The molecule has 0 aliphatic rings. The third-order valence-electron chi connectivity index (χ3n) is 3.00. The summed E-state index contributed by atoms with van der Waals surface area (Å²) in [6.07, 6.45) is 0. The molecule has 0 fully saturated rings. The van der Waals surface area contributed by atoms with Crippen LogP contribution >= 0.6 is 0 Å². The zero-order valence-corrected chi connectivity index (χ0v) is 13.1. The highest BCUT2D eigenvalue weighted by Crippen LogP contribution is 2.15. The first-order chi connectivity index (χ1) is 10.8. The number of urea groups is 1. The van der Waals surface area contributed by atoms with Gasteiger partial charge in [0, 0.05) is 0 Å². The predicted octanol–water partition coefficient (Wildman–Crippen LogP) is 1.60. The molecule has 4 N–H and O–H groups in total. The number of aryl methyl sites for hydroxylation is 1. The summed E-state index contributed by atoms with van der Waals surface area (Å²) in [6, 6.07) is 11.1. The van der Waals surface area contributed by atoms with E-state index in [1.165, 1.54) is 24.3 Å². The van der Waals surface area contributed by atoms with Crippen molar-refractivity contribution in [2.45, 2.75) is 11.8 Å². The second-order valence-corrected chi connectivity index (χ2v) is 6.46. The number of hydrogen-bond acceptors (Lipinski definition) is 4. The van der Waals surface area contributed by atoms with Gasteiger partial charge in [-0.2, -0.15) is 0 Å². The van der Waals surface area contributed by atoms with Crippen LogP contribution in [0.1, 0.15) is 15.9 Å². The molecule has 0 spiro atoms. The number of carbonyl (C=O) groups excluding carboxylic acids is 2. The van der Waals surface area contributed by atoms with Crippen molar-refractivity contribution in [3.05, 3.63) is 59.7 Å². The van der Waals surface area contributed by atoms with Gasteiger partial charge in [-0.1, -0.05) is 29.8 Å². The number of carbonyl (C=O) groups is 2. The molecule has 8 heteroatoms. The molecule has 23 heavy (non-hydrogen) atoms. The van der Waals surface area contributed by atoms with Crippen molar-refractivity contribution in [3.63, 3.8) is 0 Å². The topological polar surface area (TPSA) is 118 Å². The average molecular weight is 333 g/mol. The number of amides is 3. The number of primary amides is 1. The van der Waals surface area contributed by atoms with Gasteiger partial charge < -0.3 is 11.1 Å². The van der Waals surface area contributed by atoms with Gasteiger partial charge >= 0.3 is 6.03 Å². The zero-order valence-electron chi connectivity index (χ0n) is 12.2. The summed E-state index contributed by atoms with van der Waals surface area (Å²) >= 11 is 0. The predicted molar refractivity (Wildman–Crippen MR) is 85.5 cm³/mol. The van der Waals surface area contributed by atoms with Gasteiger partial charge in [-0.15, -0.1) is 0 Å². The maximum atomic E-state index is 12.1. The first-order valence-corrected chi connectivity index (χ1v) is 8.07. The molecule has 2 rings (SSSR count). The van der Waals surface area contributed by atoms with Crippen molar-refractivity contribution in [1.82, 2.24) is 4.72 Å². The molecule has 0 saturated carbocycles. The number of hydrogen-bond donors (Lipinski definition) is 3. The molecule has 0 radical (unpaired) electrons. The van der Waals surface area contributed by atoms with E-state index in [1.807, 2.05) is 11.6 Å². The van der Waals surface area contributed by atoms with E-state index < -0.39 is 22.0 Å². The highest BCUT2D eigenvalue weighted by molar-refractivity contribution is 7.90. The standard InChI is InChI=1S/C15H15N3O4S/c1-10-6-8-11(9-7-10)23(21,22)18-15(20)17-13-5-3-2-4-12(13)14(16)19/h2-9H,1H3,(H2,16,19)(H2,17,18,20). The minimum atomic E-state index is -4.01. The smallest absolute Gasteiger partial charge is 0.333 e. The lowest BCUT2D eigenvalue weighted by Crippen LogP contribution is -2.35. The highest BCUT2D eigenvalue weighted by atomic mass is 32.2. The van der Waals surface area contributed by atoms with Crippen molar-refractivity contribution in [1.29, 1.82) is 0 Å². The number of anilines is 1. The third-order valence-corrected chi connectivity index (χ3v) is 4.35. The van der Waals surface area contributed by atoms with Crippen LogP contribution in [0.15, 0.2) is 53.4 Å². The van der Waals surface area contributed by atoms with Crippen LogP contribution in [-0.4, -0.2) is 20.4 Å². The molecule has 0 aromatic heterocycles. The van der Waals surface area contributed by atoms with Crippen molar-refractivity contribution in [2.24, 2.45) is 5.73 Å². The average Bonchev–Trinajstić information content (AvgIpc) is 2.47. The van der Waals surface area contributed by atoms with Crippen LogP contribution in [-0.2, 0) is 10.0 Å². The fourth-order valence-corrected chi connectivity index (χ4v) is 2.76. The molecule has 0 saturated heterocycles. The monoisotopic (exact) mass is 333 g/mol. The van der Waals surface area contributed by atoms with Crippen LogP contribution in [0.25, 0.3) is 0 Å². The van der Waals surface area contributed by atoms with Gasteiger partial charge in [0.15, 0.2) is 0 Å². The Morgan fingerprint density at radius 2 is 1.61 bits per heavy atom. The number of benzene rings is 2.